The fourth-order valence-electron chi connectivity index (χ4n) is 3.43. The van der Waals surface area contributed by atoms with E-state index in [1.165, 1.54) is 18.2 Å². The molecule has 3 aromatic carbocycles. The van der Waals surface area contributed by atoms with Crippen molar-refractivity contribution in [3.05, 3.63) is 95.1 Å². The minimum absolute atomic E-state index is 0.111. The molecule has 0 aliphatic rings. The fraction of sp³-hybridized carbons (Fsp3) is 0.148. The number of halogens is 3. The number of hydrogen-bond donors (Lipinski definition) is 3. The van der Waals surface area contributed by atoms with Crippen LogP contribution in [0.15, 0.2) is 83.0 Å². The molecular weight excluding hydrogens is 467 g/mol. The van der Waals surface area contributed by atoms with Gasteiger partial charge in [0.2, 0.25) is 0 Å². The Morgan fingerprint density at radius 3 is 1.81 bits per heavy atom. The highest BCUT2D eigenvalue weighted by Crippen LogP contribution is 2.42. The number of aryl methyl sites for hydroxylation is 2. The molecule has 0 saturated carbocycles. The van der Waals surface area contributed by atoms with Gasteiger partial charge in [-0.25, -0.2) is 4.98 Å². The molecular formula is C27H24F3N5O. The van der Waals surface area contributed by atoms with E-state index in [1.807, 2.05) is 62.4 Å². The van der Waals surface area contributed by atoms with E-state index in [-0.39, 0.29) is 28.8 Å². The lowest BCUT2D eigenvalue weighted by atomic mass is 10.1. The number of aromatic hydroxyl groups is 1. The van der Waals surface area contributed by atoms with Gasteiger partial charge in [-0.1, -0.05) is 47.5 Å². The zero-order valence-corrected chi connectivity index (χ0v) is 19.9. The predicted octanol–water partition coefficient (Wildman–Crippen LogP) is 8.63. The molecule has 0 spiro atoms. The number of rotatable bonds is 6. The lowest BCUT2D eigenvalue weighted by molar-refractivity contribution is -0.137. The Kier molecular flexibility index (Phi) is 6.91. The van der Waals surface area contributed by atoms with Gasteiger partial charge in [0.25, 0.3) is 0 Å². The molecule has 4 aromatic rings. The summed E-state index contributed by atoms with van der Waals surface area (Å²) < 4.78 is 40.3. The third-order valence-corrected chi connectivity index (χ3v) is 5.48. The van der Waals surface area contributed by atoms with Gasteiger partial charge in [-0.15, -0.1) is 10.2 Å². The lowest BCUT2D eigenvalue weighted by Crippen LogP contribution is -2.04. The van der Waals surface area contributed by atoms with Crippen molar-refractivity contribution in [2.24, 2.45) is 10.2 Å². The summed E-state index contributed by atoms with van der Waals surface area (Å²) in [4.78, 5) is 4.50. The van der Waals surface area contributed by atoms with E-state index in [2.05, 4.69) is 25.8 Å². The van der Waals surface area contributed by atoms with Crippen molar-refractivity contribution in [2.45, 2.75) is 26.9 Å². The smallest absolute Gasteiger partial charge is 0.418 e. The molecule has 0 fully saturated rings. The molecule has 0 bridgehead atoms. The van der Waals surface area contributed by atoms with E-state index in [4.69, 9.17) is 0 Å². The number of aromatic nitrogens is 1. The van der Waals surface area contributed by atoms with Gasteiger partial charge >= 0.3 is 6.18 Å². The number of pyridine rings is 1. The van der Waals surface area contributed by atoms with E-state index >= 15 is 0 Å². The normalized spacial score (nSPS) is 11.6. The Balaban J connectivity index is 1.79. The Morgan fingerprint density at radius 1 is 0.722 bits per heavy atom. The molecule has 0 aliphatic heterocycles. The lowest BCUT2D eigenvalue weighted by Gasteiger charge is -2.16. The van der Waals surface area contributed by atoms with Crippen LogP contribution in [0.1, 0.15) is 22.3 Å². The fourth-order valence-corrected chi connectivity index (χ4v) is 3.43. The van der Waals surface area contributed by atoms with Crippen molar-refractivity contribution in [3.63, 3.8) is 0 Å². The largest absolute Gasteiger partial charge is 0.504 e. The number of benzene rings is 3. The minimum atomic E-state index is -4.59. The quantitative estimate of drug-likeness (QED) is 0.236. The van der Waals surface area contributed by atoms with Gasteiger partial charge in [-0.3, -0.25) is 0 Å². The molecule has 0 radical (unpaired) electrons. The van der Waals surface area contributed by atoms with Crippen LogP contribution in [0.4, 0.5) is 47.6 Å². The van der Waals surface area contributed by atoms with Gasteiger partial charge in [0, 0.05) is 16.9 Å². The van der Waals surface area contributed by atoms with Crippen LogP contribution in [-0.2, 0) is 6.18 Å². The summed E-state index contributed by atoms with van der Waals surface area (Å²) >= 11 is 0. The Hall–Kier alpha value is -4.40. The monoisotopic (exact) mass is 491 g/mol. The van der Waals surface area contributed by atoms with Crippen molar-refractivity contribution in [1.29, 1.82) is 0 Å². The van der Waals surface area contributed by atoms with Crippen molar-refractivity contribution in [2.75, 3.05) is 10.6 Å². The maximum Gasteiger partial charge on any atom is 0.418 e. The standard InChI is InChI=1S/C27H24F3N5O/c1-16-8-12-19(13-9-16)31-25-23(35-34-22-7-5-4-6-21(22)27(28,29)30)18(3)24(36)26(33-25)32-20-14-10-17(2)11-15-20/h4-15,36H,1-3H3,(H2,31,32,33). The summed E-state index contributed by atoms with van der Waals surface area (Å²) in [7, 11) is 0. The predicted molar refractivity (Wildman–Crippen MR) is 135 cm³/mol. The first kappa shape index (κ1) is 24.7. The second kappa shape index (κ2) is 10.1. The molecule has 6 nitrogen and oxygen atoms in total. The van der Waals surface area contributed by atoms with Crippen LogP contribution in [0.5, 0.6) is 5.75 Å². The first-order chi connectivity index (χ1) is 17.1. The van der Waals surface area contributed by atoms with E-state index < -0.39 is 11.7 Å². The van der Waals surface area contributed by atoms with E-state index in [9.17, 15) is 18.3 Å². The second-order valence-corrected chi connectivity index (χ2v) is 8.33. The van der Waals surface area contributed by atoms with Gasteiger partial charge in [0.05, 0.1) is 11.3 Å². The summed E-state index contributed by atoms with van der Waals surface area (Å²) in [6.07, 6.45) is -4.59. The molecule has 0 aliphatic carbocycles. The maximum atomic E-state index is 13.4. The van der Waals surface area contributed by atoms with Crippen molar-refractivity contribution in [3.8, 4) is 5.75 Å². The molecule has 4 rings (SSSR count). The molecule has 0 unspecified atom stereocenters. The van der Waals surface area contributed by atoms with Crippen molar-refractivity contribution < 1.29 is 18.3 Å². The number of anilines is 4. The summed E-state index contributed by atoms with van der Waals surface area (Å²) in [6, 6.07) is 19.9. The zero-order chi connectivity index (χ0) is 25.9. The SMILES string of the molecule is Cc1ccc(Nc2nc(Nc3ccc(C)cc3)c(N=Nc3ccccc3C(F)(F)F)c(C)c2O)cc1. The third kappa shape index (κ3) is 5.63. The highest BCUT2D eigenvalue weighted by Gasteiger charge is 2.33. The van der Waals surface area contributed by atoms with E-state index in [0.717, 1.165) is 17.2 Å². The summed E-state index contributed by atoms with van der Waals surface area (Å²) in [5, 5.41) is 25.1. The molecule has 1 heterocycles. The molecule has 0 amide bonds. The topological polar surface area (TPSA) is 81.9 Å². The van der Waals surface area contributed by atoms with Crippen LogP contribution < -0.4 is 10.6 Å². The third-order valence-electron chi connectivity index (χ3n) is 5.48. The van der Waals surface area contributed by atoms with Crippen molar-refractivity contribution in [1.82, 2.24) is 4.98 Å². The summed E-state index contributed by atoms with van der Waals surface area (Å²) in [6.45, 7) is 5.51. The van der Waals surface area contributed by atoms with Crippen LogP contribution >= 0.6 is 0 Å². The van der Waals surface area contributed by atoms with Crippen LogP contribution in [0.2, 0.25) is 0 Å². The van der Waals surface area contributed by atoms with Crippen LogP contribution in [-0.4, -0.2) is 10.1 Å². The number of azo groups is 1. The zero-order valence-electron chi connectivity index (χ0n) is 19.9. The number of alkyl halides is 3. The van der Waals surface area contributed by atoms with Crippen LogP contribution in [0.3, 0.4) is 0 Å². The van der Waals surface area contributed by atoms with Gasteiger partial charge in [-0.2, -0.15) is 13.2 Å². The molecule has 36 heavy (non-hydrogen) atoms. The highest BCUT2D eigenvalue weighted by molar-refractivity contribution is 5.79. The van der Waals surface area contributed by atoms with Gasteiger partial charge in [0.15, 0.2) is 17.4 Å². The molecule has 0 saturated heterocycles. The number of hydrogen-bond acceptors (Lipinski definition) is 6. The molecule has 9 heteroatoms. The Morgan fingerprint density at radius 2 is 1.25 bits per heavy atom. The van der Waals surface area contributed by atoms with Crippen LogP contribution in [0, 0.1) is 20.8 Å². The first-order valence-corrected chi connectivity index (χ1v) is 11.1. The first-order valence-electron chi connectivity index (χ1n) is 11.1. The summed E-state index contributed by atoms with van der Waals surface area (Å²) in [5.74, 6) is 0.195. The second-order valence-electron chi connectivity index (χ2n) is 8.33. The van der Waals surface area contributed by atoms with Gasteiger partial charge in [0.1, 0.15) is 5.69 Å². The molecule has 1 aromatic heterocycles. The average Bonchev–Trinajstić information content (AvgIpc) is 2.84. The molecule has 3 N–H and O–H groups in total. The average molecular weight is 492 g/mol. The minimum Gasteiger partial charge on any atom is -0.504 e. The summed E-state index contributed by atoms with van der Waals surface area (Å²) in [5.41, 5.74) is 2.68. The van der Waals surface area contributed by atoms with Crippen molar-refractivity contribution >= 4 is 34.4 Å². The highest BCUT2D eigenvalue weighted by atomic mass is 19.4. The maximum absolute atomic E-state index is 13.4. The number of nitrogens with one attached hydrogen (secondary N) is 2. The van der Waals surface area contributed by atoms with E-state index in [0.29, 0.717) is 16.9 Å². The van der Waals surface area contributed by atoms with Crippen LogP contribution in [0.25, 0.3) is 0 Å². The Labute approximate surface area is 206 Å². The molecule has 0 atom stereocenters. The van der Waals surface area contributed by atoms with Gasteiger partial charge < -0.3 is 15.7 Å². The van der Waals surface area contributed by atoms with E-state index in [1.54, 1.807) is 6.92 Å². The number of nitrogens with zero attached hydrogens (tertiary/aromatic N) is 3. The molecule has 184 valence electrons. The van der Waals surface area contributed by atoms with Gasteiger partial charge in [-0.05, 0) is 57.2 Å². The Bertz CT molecular complexity index is 1400.